The largest absolute Gasteiger partial charge is 0.469 e. The van der Waals surface area contributed by atoms with Crippen LogP contribution in [0.5, 0.6) is 11.5 Å². The van der Waals surface area contributed by atoms with E-state index in [1.165, 1.54) is 30.6 Å². The minimum atomic E-state index is -0.833. The van der Waals surface area contributed by atoms with E-state index in [9.17, 15) is 19.1 Å². The molecule has 1 aromatic carbocycles. The predicted octanol–water partition coefficient (Wildman–Crippen LogP) is 4.57. The molecule has 4 aromatic rings. The Balaban J connectivity index is 1.07. The number of pyridine rings is 2. The van der Waals surface area contributed by atoms with E-state index in [1.54, 1.807) is 18.3 Å². The van der Waals surface area contributed by atoms with Gasteiger partial charge in [0.25, 0.3) is 0 Å². The molecule has 3 N–H and O–H groups in total. The lowest BCUT2D eigenvalue weighted by Crippen LogP contribution is -2.50. The van der Waals surface area contributed by atoms with E-state index < -0.39 is 18.0 Å². The molecule has 13 heteroatoms. The molecule has 230 valence electrons. The number of anilines is 1. The van der Waals surface area contributed by atoms with Crippen LogP contribution in [0.25, 0.3) is 20.8 Å². The number of aliphatic hydroxyl groups is 1. The van der Waals surface area contributed by atoms with Crippen LogP contribution < -0.4 is 15.4 Å². The number of carbonyl (C=O) groups is 2. The lowest BCUT2D eigenvalue weighted by molar-refractivity contribution is -0.146. The third-order valence-corrected chi connectivity index (χ3v) is 8.75. The van der Waals surface area contributed by atoms with Crippen molar-refractivity contribution in [3.8, 4) is 22.1 Å². The topological polar surface area (TPSA) is 129 Å². The van der Waals surface area contributed by atoms with Gasteiger partial charge in [0.1, 0.15) is 12.0 Å². The Morgan fingerprint density at radius 3 is 2.61 bits per heavy atom. The first-order valence-corrected chi connectivity index (χ1v) is 15.3. The number of ether oxygens (including phenoxy) is 2. The van der Waals surface area contributed by atoms with Crippen LogP contribution in [0.15, 0.2) is 54.9 Å². The summed E-state index contributed by atoms with van der Waals surface area (Å²) in [5.74, 6) is -0.494. The fourth-order valence-electron chi connectivity index (χ4n) is 4.98. The second-order valence-corrected chi connectivity index (χ2v) is 11.9. The number of carbonyl (C=O) groups excluding carboxylic acids is 2. The SMILES string of the molecule is COC(=O)CC(O)N1CCN(Cc2ccc(-c3cc4nccc(Oc5ccc(NC(=O)NC6CC6)cc5F)c4s3)nc2)CC1. The molecule has 0 radical (unpaired) electrons. The zero-order valence-electron chi connectivity index (χ0n) is 24.2. The normalized spacial score (nSPS) is 16.4. The maximum Gasteiger partial charge on any atom is 0.319 e. The first kappa shape index (κ1) is 29.9. The Morgan fingerprint density at radius 2 is 1.91 bits per heavy atom. The smallest absolute Gasteiger partial charge is 0.319 e. The summed E-state index contributed by atoms with van der Waals surface area (Å²) in [6.45, 7) is 3.57. The molecule has 2 fully saturated rings. The van der Waals surface area contributed by atoms with Gasteiger partial charge >= 0.3 is 12.0 Å². The molecule has 4 heterocycles. The summed E-state index contributed by atoms with van der Waals surface area (Å²) in [4.78, 5) is 37.7. The second kappa shape index (κ2) is 13.2. The molecule has 1 atom stereocenters. The highest BCUT2D eigenvalue weighted by Gasteiger charge is 2.25. The number of piperazine rings is 1. The first-order chi connectivity index (χ1) is 21.3. The van der Waals surface area contributed by atoms with E-state index in [0.717, 1.165) is 58.8 Å². The van der Waals surface area contributed by atoms with Crippen LogP contribution in [0.1, 0.15) is 24.8 Å². The van der Waals surface area contributed by atoms with Crippen LogP contribution in [0.2, 0.25) is 0 Å². The number of amides is 2. The van der Waals surface area contributed by atoms with Crippen LogP contribution in [0.3, 0.4) is 0 Å². The van der Waals surface area contributed by atoms with Crippen LogP contribution in [0.4, 0.5) is 14.9 Å². The van der Waals surface area contributed by atoms with Crippen molar-refractivity contribution in [1.29, 1.82) is 0 Å². The number of nitrogens with zero attached hydrogens (tertiary/aromatic N) is 4. The number of urea groups is 1. The van der Waals surface area contributed by atoms with E-state index in [-0.39, 0.29) is 24.2 Å². The van der Waals surface area contributed by atoms with Gasteiger partial charge in [-0.15, -0.1) is 11.3 Å². The number of aliphatic hydroxyl groups excluding tert-OH is 1. The van der Waals surface area contributed by atoms with Crippen LogP contribution >= 0.6 is 11.3 Å². The van der Waals surface area contributed by atoms with Gasteiger partial charge in [-0.05, 0) is 42.7 Å². The van der Waals surface area contributed by atoms with Crippen molar-refractivity contribution in [2.45, 2.75) is 38.1 Å². The van der Waals surface area contributed by atoms with E-state index in [0.29, 0.717) is 24.5 Å². The third kappa shape index (κ3) is 7.30. The van der Waals surface area contributed by atoms with Crippen LogP contribution in [-0.2, 0) is 16.1 Å². The fraction of sp³-hybridized carbons (Fsp3) is 0.355. The van der Waals surface area contributed by atoms with Crippen molar-refractivity contribution >= 4 is 39.2 Å². The lowest BCUT2D eigenvalue weighted by atomic mass is 10.2. The minimum absolute atomic E-state index is 0.0357. The summed E-state index contributed by atoms with van der Waals surface area (Å²) in [5.41, 5.74) is 2.93. The minimum Gasteiger partial charge on any atom is -0.469 e. The number of nitrogens with one attached hydrogen (secondary N) is 2. The van der Waals surface area contributed by atoms with E-state index in [4.69, 9.17) is 9.72 Å². The Bertz CT molecular complexity index is 1640. The summed E-state index contributed by atoms with van der Waals surface area (Å²) in [6, 6.07) is 11.8. The number of hydrogen-bond donors (Lipinski definition) is 3. The summed E-state index contributed by atoms with van der Waals surface area (Å²) in [6.07, 6.45) is 4.54. The highest BCUT2D eigenvalue weighted by atomic mass is 32.1. The van der Waals surface area contributed by atoms with Gasteiger partial charge in [-0.1, -0.05) is 6.07 Å². The maximum atomic E-state index is 14.9. The summed E-state index contributed by atoms with van der Waals surface area (Å²) < 4.78 is 26.3. The molecule has 0 spiro atoms. The van der Waals surface area contributed by atoms with Crippen molar-refractivity contribution in [2.75, 3.05) is 38.6 Å². The number of halogens is 1. The van der Waals surface area contributed by atoms with E-state index >= 15 is 0 Å². The van der Waals surface area contributed by atoms with Gasteiger partial charge in [-0.3, -0.25) is 24.6 Å². The van der Waals surface area contributed by atoms with Crippen molar-refractivity contribution in [1.82, 2.24) is 25.1 Å². The number of aromatic nitrogens is 2. The predicted molar refractivity (Wildman–Crippen MR) is 164 cm³/mol. The number of benzene rings is 1. The second-order valence-electron chi connectivity index (χ2n) is 10.9. The van der Waals surface area contributed by atoms with Gasteiger partial charge in [-0.2, -0.15) is 0 Å². The molecular weight excluding hydrogens is 587 g/mol. The number of esters is 1. The Morgan fingerprint density at radius 1 is 1.09 bits per heavy atom. The molecule has 44 heavy (non-hydrogen) atoms. The Labute approximate surface area is 257 Å². The molecule has 2 amide bonds. The number of rotatable bonds is 10. The van der Waals surface area contributed by atoms with E-state index in [1.807, 2.05) is 29.3 Å². The Kier molecular flexibility index (Phi) is 8.98. The Hall–Kier alpha value is -4.17. The van der Waals surface area contributed by atoms with Gasteiger partial charge in [0.2, 0.25) is 0 Å². The average molecular weight is 621 g/mol. The zero-order chi connectivity index (χ0) is 30.6. The summed E-state index contributed by atoms with van der Waals surface area (Å²) in [5, 5.41) is 15.7. The highest BCUT2D eigenvalue weighted by Crippen LogP contribution is 2.39. The molecule has 3 aromatic heterocycles. The molecule has 0 bridgehead atoms. The number of methoxy groups -OCH3 is 1. The summed E-state index contributed by atoms with van der Waals surface area (Å²) in [7, 11) is 1.32. The van der Waals surface area contributed by atoms with Crippen molar-refractivity contribution < 1.29 is 28.6 Å². The fourth-order valence-corrected chi connectivity index (χ4v) is 6.03. The molecule has 1 saturated carbocycles. The van der Waals surface area contributed by atoms with Crippen molar-refractivity contribution in [3.63, 3.8) is 0 Å². The molecular formula is C31H33FN6O5S. The average Bonchev–Trinajstić information content (AvgIpc) is 3.72. The third-order valence-electron chi connectivity index (χ3n) is 7.59. The van der Waals surface area contributed by atoms with E-state index in [2.05, 4.69) is 25.3 Å². The first-order valence-electron chi connectivity index (χ1n) is 14.4. The van der Waals surface area contributed by atoms with Crippen LogP contribution in [0, 0.1) is 5.82 Å². The number of thiophene rings is 1. The molecule has 6 rings (SSSR count). The van der Waals surface area contributed by atoms with Crippen molar-refractivity contribution in [2.24, 2.45) is 0 Å². The molecule has 1 unspecified atom stereocenters. The zero-order valence-corrected chi connectivity index (χ0v) is 25.0. The molecule has 11 nitrogen and oxygen atoms in total. The molecule has 1 aliphatic carbocycles. The quantitative estimate of drug-likeness (QED) is 0.218. The van der Waals surface area contributed by atoms with Gasteiger partial charge in [0, 0.05) is 69.0 Å². The molecule has 1 aliphatic heterocycles. The van der Waals surface area contributed by atoms with Crippen molar-refractivity contribution in [3.05, 3.63) is 66.2 Å². The molecule has 2 aliphatic rings. The highest BCUT2D eigenvalue weighted by molar-refractivity contribution is 7.22. The molecule has 1 saturated heterocycles. The lowest BCUT2D eigenvalue weighted by Gasteiger charge is -2.36. The van der Waals surface area contributed by atoms with Gasteiger partial charge in [-0.25, -0.2) is 9.18 Å². The number of hydrogen-bond acceptors (Lipinski definition) is 10. The monoisotopic (exact) mass is 620 g/mol. The summed E-state index contributed by atoms with van der Waals surface area (Å²) >= 11 is 1.47. The van der Waals surface area contributed by atoms with Crippen LogP contribution in [-0.4, -0.2) is 82.4 Å². The van der Waals surface area contributed by atoms with Gasteiger partial charge in [0.15, 0.2) is 11.6 Å². The maximum absolute atomic E-state index is 14.9. The van der Waals surface area contributed by atoms with Gasteiger partial charge in [0.05, 0.1) is 34.3 Å². The standard InChI is InChI=1S/C31H33FN6O5S/c1-42-29(40)16-28(39)38-12-10-37(11-13-38)18-19-2-6-23(34-17-19)27-15-24-30(44-27)26(8-9-33-24)43-25-7-5-21(14-22(25)32)36-31(41)35-20-3-4-20/h2,5-9,14-15,17,20,28,39H,3-4,10-13,16,18H2,1H3,(H2,35,36,41). The number of fused-ring (bicyclic) bond motifs is 1. The van der Waals surface area contributed by atoms with Gasteiger partial charge < -0.3 is 25.2 Å².